The van der Waals surface area contributed by atoms with Crippen LogP contribution in [0.5, 0.6) is 0 Å². The lowest BCUT2D eigenvalue weighted by molar-refractivity contribution is 0.0936. The second-order valence-electron chi connectivity index (χ2n) is 4.20. The summed E-state index contributed by atoms with van der Waals surface area (Å²) in [5.41, 5.74) is 5.41. The Morgan fingerprint density at radius 2 is 2.11 bits per heavy atom. The predicted octanol–water partition coefficient (Wildman–Crippen LogP) is 2.52. The van der Waals surface area contributed by atoms with Crippen LogP contribution in [-0.4, -0.2) is 16.9 Å². The highest BCUT2D eigenvalue weighted by molar-refractivity contribution is 7.80. The third-order valence-corrected chi connectivity index (χ3v) is 3.00. The number of amides is 1. The average molecular weight is 289 g/mol. The maximum absolute atomic E-state index is 13.6. The van der Waals surface area contributed by atoms with Gasteiger partial charge in [-0.2, -0.15) is 0 Å². The summed E-state index contributed by atoms with van der Waals surface area (Å²) in [6.45, 7) is 3.72. The number of benzene rings is 1. The van der Waals surface area contributed by atoms with E-state index in [0.717, 1.165) is 0 Å². The number of hydrogen-bond donors (Lipinski definition) is 2. The molecule has 3 N–H and O–H groups in total. The molecule has 0 aliphatic carbocycles. The standard InChI is InChI=1S/C12H14ClFN2OS/c1-6(2)10(11(15)18)16-12(17)7-4-3-5-8(13)9(7)14/h3-6,10H,1-2H3,(H2,15,18)(H,16,17). The van der Waals surface area contributed by atoms with Gasteiger partial charge in [0.05, 0.1) is 21.6 Å². The summed E-state index contributed by atoms with van der Waals surface area (Å²) in [7, 11) is 0. The van der Waals surface area contributed by atoms with Gasteiger partial charge in [-0.3, -0.25) is 4.79 Å². The van der Waals surface area contributed by atoms with Crippen LogP contribution < -0.4 is 11.1 Å². The van der Waals surface area contributed by atoms with Crippen LogP contribution in [0, 0.1) is 11.7 Å². The highest BCUT2D eigenvalue weighted by atomic mass is 35.5. The fourth-order valence-corrected chi connectivity index (χ4v) is 1.97. The van der Waals surface area contributed by atoms with Gasteiger partial charge in [0.25, 0.3) is 5.91 Å². The SMILES string of the molecule is CC(C)C(NC(=O)c1cccc(Cl)c1F)C(N)=S. The largest absolute Gasteiger partial charge is 0.392 e. The molecule has 0 fully saturated rings. The van der Waals surface area contributed by atoms with E-state index < -0.39 is 17.8 Å². The van der Waals surface area contributed by atoms with E-state index in [1.54, 1.807) is 0 Å². The van der Waals surface area contributed by atoms with Crippen LogP contribution >= 0.6 is 23.8 Å². The molecule has 0 radical (unpaired) electrons. The van der Waals surface area contributed by atoms with Gasteiger partial charge in [0.15, 0.2) is 5.82 Å². The Hall–Kier alpha value is -1.20. The normalized spacial score (nSPS) is 12.3. The maximum atomic E-state index is 13.6. The smallest absolute Gasteiger partial charge is 0.254 e. The molecule has 1 atom stereocenters. The fourth-order valence-electron chi connectivity index (χ4n) is 1.46. The Balaban J connectivity index is 2.94. The van der Waals surface area contributed by atoms with E-state index in [1.807, 2.05) is 13.8 Å². The summed E-state index contributed by atoms with van der Waals surface area (Å²) in [4.78, 5) is 12.1. The third-order valence-electron chi connectivity index (χ3n) is 2.46. The van der Waals surface area contributed by atoms with E-state index in [0.29, 0.717) is 0 Å². The summed E-state index contributed by atoms with van der Waals surface area (Å²) in [6.07, 6.45) is 0. The Labute approximate surface area is 115 Å². The van der Waals surface area contributed by atoms with Gasteiger partial charge in [0, 0.05) is 0 Å². The van der Waals surface area contributed by atoms with Gasteiger partial charge in [0.1, 0.15) is 0 Å². The molecule has 6 heteroatoms. The zero-order chi connectivity index (χ0) is 13.9. The molecule has 0 aromatic heterocycles. The summed E-state index contributed by atoms with van der Waals surface area (Å²) < 4.78 is 13.6. The molecule has 1 amide bonds. The Morgan fingerprint density at radius 1 is 1.50 bits per heavy atom. The summed E-state index contributed by atoms with van der Waals surface area (Å²) in [5, 5.41) is 2.50. The Morgan fingerprint density at radius 3 is 2.61 bits per heavy atom. The van der Waals surface area contributed by atoms with Crippen LogP contribution in [-0.2, 0) is 0 Å². The first-order valence-electron chi connectivity index (χ1n) is 5.38. The second-order valence-corrected chi connectivity index (χ2v) is 5.08. The monoisotopic (exact) mass is 288 g/mol. The van der Waals surface area contributed by atoms with Crippen LogP contribution in [0.2, 0.25) is 5.02 Å². The summed E-state index contributed by atoms with van der Waals surface area (Å²) in [6, 6.07) is 3.76. The van der Waals surface area contributed by atoms with Gasteiger partial charge < -0.3 is 11.1 Å². The Bertz CT molecular complexity index is 479. The van der Waals surface area contributed by atoms with Gasteiger partial charge in [0.2, 0.25) is 0 Å². The molecule has 0 bridgehead atoms. The molecular formula is C12H14ClFN2OS. The molecule has 1 aromatic carbocycles. The second kappa shape index (κ2) is 6.11. The van der Waals surface area contributed by atoms with Crippen LogP contribution in [0.4, 0.5) is 4.39 Å². The van der Waals surface area contributed by atoms with Crippen molar-refractivity contribution in [1.29, 1.82) is 0 Å². The topological polar surface area (TPSA) is 55.1 Å². The van der Waals surface area contributed by atoms with Gasteiger partial charge in [-0.15, -0.1) is 0 Å². The van der Waals surface area contributed by atoms with E-state index >= 15 is 0 Å². The summed E-state index contributed by atoms with van der Waals surface area (Å²) >= 11 is 10.5. The van der Waals surface area contributed by atoms with Gasteiger partial charge in [-0.25, -0.2) is 4.39 Å². The molecule has 3 nitrogen and oxygen atoms in total. The van der Waals surface area contributed by atoms with Gasteiger partial charge in [-0.1, -0.05) is 43.7 Å². The summed E-state index contributed by atoms with van der Waals surface area (Å²) in [5.74, 6) is -1.31. The molecule has 98 valence electrons. The first kappa shape index (κ1) is 14.9. The van der Waals surface area contributed by atoms with Crippen molar-refractivity contribution in [2.24, 2.45) is 11.7 Å². The van der Waals surface area contributed by atoms with Crippen LogP contribution in [0.25, 0.3) is 0 Å². The lowest BCUT2D eigenvalue weighted by Gasteiger charge is -2.21. The van der Waals surface area contributed by atoms with Gasteiger partial charge in [-0.05, 0) is 18.1 Å². The molecule has 1 unspecified atom stereocenters. The lowest BCUT2D eigenvalue weighted by Crippen LogP contribution is -2.47. The lowest BCUT2D eigenvalue weighted by atomic mass is 10.0. The number of rotatable bonds is 4. The minimum atomic E-state index is -0.748. The molecule has 0 aliphatic heterocycles. The third kappa shape index (κ3) is 3.40. The van der Waals surface area contributed by atoms with E-state index in [9.17, 15) is 9.18 Å². The first-order chi connectivity index (χ1) is 8.34. The number of nitrogens with one attached hydrogen (secondary N) is 1. The van der Waals surface area contributed by atoms with Crippen molar-refractivity contribution in [2.75, 3.05) is 0 Å². The predicted molar refractivity (Wildman–Crippen MR) is 74.3 cm³/mol. The number of thiocarbonyl (C=S) groups is 1. The zero-order valence-electron chi connectivity index (χ0n) is 10.0. The van der Waals surface area contributed by atoms with Crippen LogP contribution in [0.1, 0.15) is 24.2 Å². The molecule has 0 spiro atoms. The van der Waals surface area contributed by atoms with Crippen molar-refractivity contribution in [3.05, 3.63) is 34.6 Å². The van der Waals surface area contributed by atoms with Crippen molar-refractivity contribution in [2.45, 2.75) is 19.9 Å². The molecular weight excluding hydrogens is 275 g/mol. The first-order valence-corrected chi connectivity index (χ1v) is 6.17. The Kier molecular flexibility index (Phi) is 5.04. The van der Waals surface area contributed by atoms with E-state index in [2.05, 4.69) is 5.32 Å². The number of hydrogen-bond acceptors (Lipinski definition) is 2. The number of halogens is 2. The molecule has 18 heavy (non-hydrogen) atoms. The minimum Gasteiger partial charge on any atom is -0.392 e. The number of carbonyl (C=O) groups is 1. The van der Waals surface area contributed by atoms with Crippen molar-refractivity contribution >= 4 is 34.7 Å². The molecule has 0 heterocycles. The highest BCUT2D eigenvalue weighted by Gasteiger charge is 2.21. The van der Waals surface area contributed by atoms with Crippen molar-refractivity contribution in [1.82, 2.24) is 5.32 Å². The van der Waals surface area contributed by atoms with Crippen molar-refractivity contribution in [3.63, 3.8) is 0 Å². The number of carbonyl (C=O) groups excluding carboxylic acids is 1. The van der Waals surface area contributed by atoms with E-state index in [4.69, 9.17) is 29.6 Å². The minimum absolute atomic E-state index is 0.0219. The van der Waals surface area contributed by atoms with Crippen LogP contribution in [0.3, 0.4) is 0 Å². The number of nitrogens with two attached hydrogens (primary N) is 1. The van der Waals surface area contributed by atoms with Crippen molar-refractivity contribution < 1.29 is 9.18 Å². The van der Waals surface area contributed by atoms with E-state index in [1.165, 1.54) is 18.2 Å². The molecule has 0 saturated carbocycles. The molecule has 1 rings (SSSR count). The fraction of sp³-hybridized carbons (Fsp3) is 0.333. The molecule has 0 saturated heterocycles. The van der Waals surface area contributed by atoms with E-state index in [-0.39, 0.29) is 21.5 Å². The average Bonchev–Trinajstić information content (AvgIpc) is 2.28. The van der Waals surface area contributed by atoms with Crippen molar-refractivity contribution in [3.8, 4) is 0 Å². The molecule has 1 aromatic rings. The highest BCUT2D eigenvalue weighted by Crippen LogP contribution is 2.18. The van der Waals surface area contributed by atoms with Gasteiger partial charge >= 0.3 is 0 Å². The quantitative estimate of drug-likeness (QED) is 0.837. The molecule has 0 aliphatic rings. The maximum Gasteiger partial charge on any atom is 0.254 e. The van der Waals surface area contributed by atoms with Crippen LogP contribution in [0.15, 0.2) is 18.2 Å². The zero-order valence-corrected chi connectivity index (χ0v) is 11.6.